The van der Waals surface area contributed by atoms with Gasteiger partial charge in [0.15, 0.2) is 5.11 Å². The molecule has 0 spiro atoms. The molecule has 1 atom stereocenters. The highest BCUT2D eigenvalue weighted by molar-refractivity contribution is 7.80. The van der Waals surface area contributed by atoms with Crippen LogP contribution in [0, 0.1) is 13.8 Å². The quantitative estimate of drug-likeness (QED) is 0.835. The van der Waals surface area contributed by atoms with Crippen LogP contribution in [-0.4, -0.2) is 42.2 Å². The third-order valence-corrected chi connectivity index (χ3v) is 5.17. The number of piperidine rings is 1. The van der Waals surface area contributed by atoms with E-state index in [1.165, 1.54) is 24.0 Å². The molecule has 1 aliphatic rings. The summed E-state index contributed by atoms with van der Waals surface area (Å²) in [4.78, 5) is 3.96. The highest BCUT2D eigenvalue weighted by Crippen LogP contribution is 2.16. The van der Waals surface area contributed by atoms with Crippen LogP contribution in [0.15, 0.2) is 18.2 Å². The molecule has 1 unspecified atom stereocenters. The van der Waals surface area contributed by atoms with Gasteiger partial charge in [-0.25, -0.2) is 0 Å². The summed E-state index contributed by atoms with van der Waals surface area (Å²) in [5, 5.41) is 4.28. The van der Waals surface area contributed by atoms with Crippen LogP contribution >= 0.6 is 12.2 Å². The smallest absolute Gasteiger partial charge is 0.173 e. The standard InChI is InChI=1S/C18H29N3S/c1-13(2)20(5)17-6-8-21(9-7-17)18(22)19-16-11-14(3)10-15(4)12-16/h10-13,17H,6-9H2,1-5H3,(H,19,22)/p+1. The molecule has 0 bridgehead atoms. The van der Waals surface area contributed by atoms with Gasteiger partial charge in [-0.3, -0.25) is 0 Å². The van der Waals surface area contributed by atoms with Crippen LogP contribution in [-0.2, 0) is 0 Å². The Morgan fingerprint density at radius 3 is 2.23 bits per heavy atom. The van der Waals surface area contributed by atoms with Gasteiger partial charge in [0.25, 0.3) is 0 Å². The monoisotopic (exact) mass is 320 g/mol. The molecule has 2 N–H and O–H groups in total. The summed E-state index contributed by atoms with van der Waals surface area (Å²) in [6.45, 7) is 11.0. The number of benzene rings is 1. The normalized spacial score (nSPS) is 17.6. The van der Waals surface area contributed by atoms with E-state index in [2.05, 4.69) is 63.2 Å². The van der Waals surface area contributed by atoms with Gasteiger partial charge in [0, 0.05) is 31.6 Å². The Morgan fingerprint density at radius 1 is 1.18 bits per heavy atom. The van der Waals surface area contributed by atoms with Crippen molar-refractivity contribution in [2.75, 3.05) is 25.5 Å². The van der Waals surface area contributed by atoms with Crippen molar-refractivity contribution in [3.05, 3.63) is 29.3 Å². The maximum Gasteiger partial charge on any atom is 0.173 e. The Morgan fingerprint density at radius 2 is 1.73 bits per heavy atom. The average molecular weight is 321 g/mol. The lowest BCUT2D eigenvalue weighted by Gasteiger charge is -2.37. The van der Waals surface area contributed by atoms with Gasteiger partial charge in [0.2, 0.25) is 0 Å². The van der Waals surface area contributed by atoms with Gasteiger partial charge in [-0.15, -0.1) is 0 Å². The van der Waals surface area contributed by atoms with Gasteiger partial charge in [0.1, 0.15) is 0 Å². The molecule has 0 radical (unpaired) electrons. The van der Waals surface area contributed by atoms with E-state index in [0.717, 1.165) is 29.9 Å². The average Bonchev–Trinajstić information content (AvgIpc) is 2.45. The van der Waals surface area contributed by atoms with Gasteiger partial charge in [-0.1, -0.05) is 6.07 Å². The van der Waals surface area contributed by atoms with Crippen molar-refractivity contribution in [2.45, 2.75) is 52.6 Å². The van der Waals surface area contributed by atoms with Crippen molar-refractivity contribution in [1.29, 1.82) is 0 Å². The van der Waals surface area contributed by atoms with Crippen LogP contribution in [0.4, 0.5) is 5.69 Å². The van der Waals surface area contributed by atoms with Crippen molar-refractivity contribution < 1.29 is 4.90 Å². The first kappa shape index (κ1) is 17.2. The number of thiocarbonyl (C=S) groups is 1. The fraction of sp³-hybridized carbons (Fsp3) is 0.611. The van der Waals surface area contributed by atoms with Crippen LogP contribution in [0.3, 0.4) is 0 Å². The van der Waals surface area contributed by atoms with Gasteiger partial charge in [0.05, 0.1) is 19.1 Å². The summed E-state index contributed by atoms with van der Waals surface area (Å²) < 4.78 is 0. The number of likely N-dealkylation sites (tertiary alicyclic amines) is 1. The van der Waals surface area contributed by atoms with Crippen molar-refractivity contribution in [3.63, 3.8) is 0 Å². The lowest BCUT2D eigenvalue weighted by Crippen LogP contribution is -3.16. The lowest BCUT2D eigenvalue weighted by atomic mass is 10.0. The Balaban J connectivity index is 1.90. The van der Waals surface area contributed by atoms with E-state index >= 15 is 0 Å². The predicted molar refractivity (Wildman–Crippen MR) is 98.8 cm³/mol. The largest absolute Gasteiger partial charge is 0.349 e. The number of quaternary nitrogens is 1. The maximum absolute atomic E-state index is 5.61. The third kappa shape index (κ3) is 4.43. The molecule has 2 rings (SSSR count). The summed E-state index contributed by atoms with van der Waals surface area (Å²) in [6, 6.07) is 7.95. The van der Waals surface area contributed by atoms with Crippen LogP contribution in [0.5, 0.6) is 0 Å². The van der Waals surface area contributed by atoms with Crippen molar-refractivity contribution in [2.24, 2.45) is 0 Å². The number of nitrogens with zero attached hydrogens (tertiary/aromatic N) is 1. The first-order valence-electron chi connectivity index (χ1n) is 8.34. The zero-order valence-corrected chi connectivity index (χ0v) is 15.4. The Kier molecular flexibility index (Phi) is 5.81. The van der Waals surface area contributed by atoms with E-state index in [4.69, 9.17) is 12.2 Å². The van der Waals surface area contributed by atoms with E-state index in [0.29, 0.717) is 6.04 Å². The minimum Gasteiger partial charge on any atom is -0.349 e. The first-order valence-corrected chi connectivity index (χ1v) is 8.75. The predicted octanol–water partition coefficient (Wildman–Crippen LogP) is 2.39. The molecule has 4 heteroatoms. The molecule has 1 aromatic rings. The number of hydrogen-bond acceptors (Lipinski definition) is 1. The molecule has 3 nitrogen and oxygen atoms in total. The number of hydrogen-bond donors (Lipinski definition) is 2. The number of nitrogens with one attached hydrogen (secondary N) is 2. The van der Waals surface area contributed by atoms with Gasteiger partial charge >= 0.3 is 0 Å². The maximum atomic E-state index is 5.61. The molecular weight excluding hydrogens is 290 g/mol. The van der Waals surface area contributed by atoms with Gasteiger partial charge in [-0.05, 0) is 63.2 Å². The van der Waals surface area contributed by atoms with E-state index in [-0.39, 0.29) is 0 Å². The Labute approximate surface area is 140 Å². The zero-order valence-electron chi connectivity index (χ0n) is 14.6. The summed E-state index contributed by atoms with van der Waals surface area (Å²) in [5.74, 6) is 0. The molecule has 1 aromatic carbocycles. The van der Waals surface area contributed by atoms with Crippen LogP contribution in [0.2, 0.25) is 0 Å². The molecule has 1 heterocycles. The van der Waals surface area contributed by atoms with E-state index in [1.54, 1.807) is 4.90 Å². The number of anilines is 1. The van der Waals surface area contributed by atoms with Crippen LogP contribution < -0.4 is 10.2 Å². The number of rotatable bonds is 3. The highest BCUT2D eigenvalue weighted by atomic mass is 32.1. The summed E-state index contributed by atoms with van der Waals surface area (Å²) in [5.41, 5.74) is 3.65. The Bertz CT molecular complexity index is 499. The number of aryl methyl sites for hydroxylation is 2. The molecule has 0 amide bonds. The molecule has 1 fully saturated rings. The highest BCUT2D eigenvalue weighted by Gasteiger charge is 2.27. The third-order valence-electron chi connectivity index (χ3n) is 4.81. The lowest BCUT2D eigenvalue weighted by molar-refractivity contribution is -0.928. The van der Waals surface area contributed by atoms with Crippen molar-refractivity contribution in [1.82, 2.24) is 4.90 Å². The minimum atomic E-state index is 0.692. The van der Waals surface area contributed by atoms with Crippen LogP contribution in [0.25, 0.3) is 0 Å². The van der Waals surface area contributed by atoms with E-state index in [9.17, 15) is 0 Å². The summed E-state index contributed by atoms with van der Waals surface area (Å²) in [6.07, 6.45) is 2.44. The summed E-state index contributed by atoms with van der Waals surface area (Å²) in [7, 11) is 2.32. The Hall–Kier alpha value is -1.13. The molecular formula is C18H30N3S+. The fourth-order valence-electron chi connectivity index (χ4n) is 3.26. The second kappa shape index (κ2) is 7.42. The van der Waals surface area contributed by atoms with Gasteiger partial charge in [-0.2, -0.15) is 0 Å². The van der Waals surface area contributed by atoms with Crippen LogP contribution in [0.1, 0.15) is 37.8 Å². The molecule has 0 aromatic heterocycles. The first-order chi connectivity index (χ1) is 10.4. The SMILES string of the molecule is Cc1cc(C)cc(NC(=S)N2CCC([NH+](C)C(C)C)CC2)c1. The molecule has 22 heavy (non-hydrogen) atoms. The minimum absolute atomic E-state index is 0.692. The van der Waals surface area contributed by atoms with E-state index < -0.39 is 0 Å². The molecule has 1 aliphatic heterocycles. The second-order valence-corrected chi connectivity index (χ2v) is 7.35. The van der Waals surface area contributed by atoms with E-state index in [1.807, 2.05) is 0 Å². The molecule has 0 saturated carbocycles. The second-order valence-electron chi connectivity index (χ2n) is 6.97. The molecule has 122 valence electrons. The molecule has 1 saturated heterocycles. The fourth-order valence-corrected chi connectivity index (χ4v) is 3.56. The zero-order chi connectivity index (χ0) is 16.3. The van der Waals surface area contributed by atoms with Crippen molar-refractivity contribution >= 4 is 23.0 Å². The topological polar surface area (TPSA) is 19.7 Å². The molecule has 0 aliphatic carbocycles. The van der Waals surface area contributed by atoms with Gasteiger partial charge < -0.3 is 15.1 Å². The summed E-state index contributed by atoms with van der Waals surface area (Å²) >= 11 is 5.61. The van der Waals surface area contributed by atoms with Crippen molar-refractivity contribution in [3.8, 4) is 0 Å².